The van der Waals surface area contributed by atoms with Crippen molar-refractivity contribution in [1.29, 1.82) is 0 Å². The van der Waals surface area contributed by atoms with Gasteiger partial charge < -0.3 is 9.47 Å². The molecule has 0 spiro atoms. The number of carbonyl (C=O) groups excluding carboxylic acids is 2. The van der Waals surface area contributed by atoms with Crippen LogP contribution in [0.4, 0.5) is 0 Å². The number of hydrogen-bond acceptors (Lipinski definition) is 4. The van der Waals surface area contributed by atoms with E-state index in [2.05, 4.69) is 0 Å². The number of ether oxygens (including phenoxy) is 2. The monoisotopic (exact) mass is 400 g/mol. The molecule has 0 saturated carbocycles. The molecule has 1 rings (SSSR count). The van der Waals surface area contributed by atoms with Gasteiger partial charge in [-0.05, 0) is 25.0 Å². The third-order valence-electron chi connectivity index (χ3n) is 2.83. The van der Waals surface area contributed by atoms with Gasteiger partial charge in [-0.3, -0.25) is 0 Å². The van der Waals surface area contributed by atoms with Crippen molar-refractivity contribution in [2.24, 2.45) is 0 Å². The van der Waals surface area contributed by atoms with Crippen LogP contribution in [0, 0.1) is 0 Å². The molecule has 0 amide bonds. The Morgan fingerprint density at radius 1 is 0.857 bits per heavy atom. The molecular formula is C16H24O4Sn. The van der Waals surface area contributed by atoms with Crippen molar-refractivity contribution >= 4 is 35.8 Å². The van der Waals surface area contributed by atoms with Crippen LogP contribution in [0.1, 0.15) is 60.2 Å². The van der Waals surface area contributed by atoms with E-state index in [4.69, 9.17) is 9.47 Å². The van der Waals surface area contributed by atoms with E-state index in [0.717, 1.165) is 25.7 Å². The quantitative estimate of drug-likeness (QED) is 0.383. The molecule has 0 fully saturated rings. The predicted octanol–water partition coefficient (Wildman–Crippen LogP) is 2.68. The average Bonchev–Trinajstić information content (AvgIpc) is 2.47. The number of esters is 2. The van der Waals surface area contributed by atoms with Crippen LogP contribution in [0.15, 0.2) is 24.3 Å². The van der Waals surface area contributed by atoms with Crippen molar-refractivity contribution in [3.8, 4) is 0 Å². The zero-order valence-electron chi connectivity index (χ0n) is 12.9. The third-order valence-corrected chi connectivity index (χ3v) is 2.83. The summed E-state index contributed by atoms with van der Waals surface area (Å²) in [5.74, 6) is -0.942. The Bertz CT molecular complexity index is 405. The van der Waals surface area contributed by atoms with E-state index in [1.54, 1.807) is 24.3 Å². The summed E-state index contributed by atoms with van der Waals surface area (Å²) in [6.45, 7) is 4.78. The van der Waals surface area contributed by atoms with Gasteiger partial charge in [0.05, 0.1) is 24.3 Å². The molecule has 0 aliphatic carbocycles. The molecule has 0 saturated heterocycles. The normalized spacial score (nSPS) is 9.62. The Balaban J connectivity index is 0.00000400. The van der Waals surface area contributed by atoms with E-state index in [-0.39, 0.29) is 35.0 Å². The molecule has 0 heterocycles. The number of carbonyl (C=O) groups is 2. The molecule has 0 N–H and O–H groups in total. The fourth-order valence-corrected chi connectivity index (χ4v) is 1.61. The predicted molar refractivity (Wildman–Crippen MR) is 85.4 cm³/mol. The molecule has 116 valence electrons. The molecule has 0 aromatic heterocycles. The zero-order chi connectivity index (χ0) is 14.8. The van der Waals surface area contributed by atoms with Gasteiger partial charge >= 0.3 is 35.8 Å². The van der Waals surface area contributed by atoms with Gasteiger partial charge in [0.2, 0.25) is 0 Å². The molecule has 1 aromatic rings. The summed E-state index contributed by atoms with van der Waals surface area (Å²) in [4.78, 5) is 23.9. The van der Waals surface area contributed by atoms with Crippen molar-refractivity contribution in [2.75, 3.05) is 13.2 Å². The van der Waals surface area contributed by atoms with Gasteiger partial charge in [-0.2, -0.15) is 0 Å². The van der Waals surface area contributed by atoms with Gasteiger partial charge in [0, 0.05) is 0 Å². The van der Waals surface area contributed by atoms with Crippen LogP contribution >= 0.6 is 0 Å². The van der Waals surface area contributed by atoms with Crippen molar-refractivity contribution in [1.82, 2.24) is 0 Å². The van der Waals surface area contributed by atoms with Crippen LogP contribution in [0.5, 0.6) is 0 Å². The van der Waals surface area contributed by atoms with Gasteiger partial charge in [-0.15, -0.1) is 0 Å². The van der Waals surface area contributed by atoms with Crippen molar-refractivity contribution in [3.63, 3.8) is 0 Å². The number of benzene rings is 1. The fourth-order valence-electron chi connectivity index (χ4n) is 1.61. The van der Waals surface area contributed by atoms with Crippen LogP contribution in [0.3, 0.4) is 0 Å². The van der Waals surface area contributed by atoms with Crippen molar-refractivity contribution in [3.05, 3.63) is 35.4 Å². The van der Waals surface area contributed by atoms with E-state index >= 15 is 0 Å². The first-order chi connectivity index (χ1) is 9.70. The molecular weight excluding hydrogens is 375 g/mol. The van der Waals surface area contributed by atoms with Crippen LogP contribution in [0.25, 0.3) is 0 Å². The van der Waals surface area contributed by atoms with Gasteiger partial charge in [0.25, 0.3) is 0 Å². The molecule has 0 aliphatic rings. The van der Waals surface area contributed by atoms with Crippen LogP contribution in [0.2, 0.25) is 0 Å². The Morgan fingerprint density at radius 3 is 1.57 bits per heavy atom. The van der Waals surface area contributed by atoms with Crippen molar-refractivity contribution < 1.29 is 19.1 Å². The Hall–Kier alpha value is -1.04. The third kappa shape index (κ3) is 6.98. The Labute approximate surface area is 143 Å². The maximum atomic E-state index is 11.9. The van der Waals surface area contributed by atoms with Gasteiger partial charge in [-0.1, -0.05) is 38.8 Å². The maximum absolute atomic E-state index is 11.9. The molecule has 2 radical (unpaired) electrons. The fraction of sp³-hybridized carbons (Fsp3) is 0.500. The Kier molecular flexibility index (Phi) is 11.0. The van der Waals surface area contributed by atoms with E-state index < -0.39 is 11.9 Å². The Morgan fingerprint density at radius 2 is 1.24 bits per heavy atom. The van der Waals surface area contributed by atoms with Gasteiger partial charge in [-0.25, -0.2) is 9.59 Å². The summed E-state index contributed by atoms with van der Waals surface area (Å²) in [5, 5.41) is 0. The van der Waals surface area contributed by atoms with E-state index in [1.807, 2.05) is 13.8 Å². The van der Waals surface area contributed by atoms with Crippen LogP contribution in [-0.4, -0.2) is 49.1 Å². The second-order valence-electron chi connectivity index (χ2n) is 4.52. The summed E-state index contributed by atoms with van der Waals surface area (Å²) in [6.07, 6.45) is 3.53. The first-order valence-corrected chi connectivity index (χ1v) is 7.14. The zero-order valence-corrected chi connectivity index (χ0v) is 16.9. The molecule has 21 heavy (non-hydrogen) atoms. The topological polar surface area (TPSA) is 52.6 Å². The number of hydrogen-bond donors (Lipinski definition) is 0. The van der Waals surface area contributed by atoms with Gasteiger partial charge in [0.15, 0.2) is 0 Å². The SMILES string of the molecule is CCCCOC(=O)c1ccccc1C(=O)OCCCC.[SnH2]. The van der Waals surface area contributed by atoms with E-state index in [1.165, 1.54) is 0 Å². The second-order valence-corrected chi connectivity index (χ2v) is 4.52. The molecule has 0 atom stereocenters. The molecule has 4 nitrogen and oxygen atoms in total. The molecule has 0 aliphatic heterocycles. The average molecular weight is 399 g/mol. The summed E-state index contributed by atoms with van der Waals surface area (Å²) < 4.78 is 10.3. The molecule has 1 aromatic carbocycles. The summed E-state index contributed by atoms with van der Waals surface area (Å²) >= 11 is 0. The summed E-state index contributed by atoms with van der Waals surface area (Å²) in [6, 6.07) is 6.59. The summed E-state index contributed by atoms with van der Waals surface area (Å²) in [5.41, 5.74) is 0.537. The van der Waals surface area contributed by atoms with E-state index in [0.29, 0.717) is 13.2 Å². The first kappa shape index (κ1) is 20.0. The molecule has 0 bridgehead atoms. The minimum atomic E-state index is -0.471. The summed E-state index contributed by atoms with van der Waals surface area (Å²) in [7, 11) is 0. The second kappa shape index (κ2) is 11.6. The standard InChI is InChI=1S/C16H22O4.Sn.2H/c1-3-5-11-19-15(17)13-9-7-8-10-14(13)16(18)20-12-6-4-2;;;/h7-10H,3-6,11-12H2,1-2H3;;;. The van der Waals surface area contributed by atoms with Gasteiger partial charge in [0.1, 0.15) is 0 Å². The van der Waals surface area contributed by atoms with E-state index in [9.17, 15) is 9.59 Å². The minimum absolute atomic E-state index is 0. The van der Waals surface area contributed by atoms with Crippen LogP contribution < -0.4 is 0 Å². The number of rotatable bonds is 8. The molecule has 0 unspecified atom stereocenters. The molecule has 5 heteroatoms. The number of unbranched alkanes of at least 4 members (excludes halogenated alkanes) is 2. The van der Waals surface area contributed by atoms with Crippen LogP contribution in [-0.2, 0) is 9.47 Å². The van der Waals surface area contributed by atoms with Crippen molar-refractivity contribution in [2.45, 2.75) is 39.5 Å². The first-order valence-electron chi connectivity index (χ1n) is 7.14.